The Labute approximate surface area is 119 Å². The normalized spacial score (nSPS) is 30.8. The van der Waals surface area contributed by atoms with Crippen LogP contribution in [0.2, 0.25) is 0 Å². The first-order valence-corrected chi connectivity index (χ1v) is 7.28. The third kappa shape index (κ3) is 2.13. The minimum Gasteiger partial charge on any atom is -0.480 e. The van der Waals surface area contributed by atoms with Gasteiger partial charge < -0.3 is 9.84 Å². The summed E-state index contributed by atoms with van der Waals surface area (Å²) in [7, 11) is 0. The maximum absolute atomic E-state index is 11.8. The van der Waals surface area contributed by atoms with Crippen molar-refractivity contribution in [2.24, 2.45) is 0 Å². The number of ether oxygens (including phenoxy) is 1. The summed E-state index contributed by atoms with van der Waals surface area (Å²) in [5, 5.41) is 9.66. The van der Waals surface area contributed by atoms with E-state index < -0.39 is 11.5 Å². The lowest BCUT2D eigenvalue weighted by Gasteiger charge is -2.47. The minimum absolute atomic E-state index is 0.0568. The van der Waals surface area contributed by atoms with Crippen LogP contribution in [0.5, 0.6) is 0 Å². The number of carboxylic acids is 1. The summed E-state index contributed by atoms with van der Waals surface area (Å²) in [5.41, 5.74) is 1.63. The average molecular weight is 275 g/mol. The third-order valence-corrected chi connectivity index (χ3v) is 4.73. The second-order valence-corrected chi connectivity index (χ2v) is 5.96. The zero-order valence-electron chi connectivity index (χ0n) is 11.8. The first-order chi connectivity index (χ1) is 9.63. The molecular formula is C16H21NO3. The van der Waals surface area contributed by atoms with Crippen molar-refractivity contribution in [2.75, 3.05) is 13.2 Å². The highest BCUT2D eigenvalue weighted by molar-refractivity contribution is 5.78. The fraction of sp³-hybridized carbons (Fsp3) is 0.562. The average Bonchev–Trinajstić information content (AvgIpc) is 2.47. The van der Waals surface area contributed by atoms with Crippen molar-refractivity contribution < 1.29 is 14.6 Å². The molecule has 0 aliphatic carbocycles. The molecule has 1 fully saturated rings. The van der Waals surface area contributed by atoms with Gasteiger partial charge in [-0.15, -0.1) is 0 Å². The highest BCUT2D eigenvalue weighted by atomic mass is 16.5. The molecular weight excluding hydrogens is 254 g/mol. The number of hydrogen-bond acceptors (Lipinski definition) is 3. The standard InChI is InChI=1S/C16H21NO3/c1-16(15(18)19)8-4-5-9-17(16)14-11-20-10-12-6-2-3-7-13(12)14/h2-3,6-7,14H,4-5,8-11H2,1H3,(H,18,19). The number of fused-ring (bicyclic) bond motifs is 1. The fourth-order valence-corrected chi connectivity index (χ4v) is 3.49. The number of carbonyl (C=O) groups is 1. The van der Waals surface area contributed by atoms with E-state index >= 15 is 0 Å². The molecule has 4 nitrogen and oxygen atoms in total. The Hall–Kier alpha value is -1.39. The van der Waals surface area contributed by atoms with Gasteiger partial charge in [0.15, 0.2) is 0 Å². The van der Waals surface area contributed by atoms with Gasteiger partial charge in [-0.1, -0.05) is 24.3 Å². The number of hydrogen-bond donors (Lipinski definition) is 1. The molecule has 0 aromatic heterocycles. The molecule has 1 N–H and O–H groups in total. The fourth-order valence-electron chi connectivity index (χ4n) is 3.49. The van der Waals surface area contributed by atoms with Crippen molar-refractivity contribution >= 4 is 5.97 Å². The molecule has 2 atom stereocenters. The molecule has 3 rings (SSSR count). The number of nitrogens with zero attached hydrogens (tertiary/aromatic N) is 1. The van der Waals surface area contributed by atoms with Crippen molar-refractivity contribution in [3.8, 4) is 0 Å². The van der Waals surface area contributed by atoms with E-state index in [1.54, 1.807) is 0 Å². The van der Waals surface area contributed by atoms with Gasteiger partial charge in [-0.05, 0) is 43.9 Å². The summed E-state index contributed by atoms with van der Waals surface area (Å²) in [4.78, 5) is 13.9. The van der Waals surface area contributed by atoms with E-state index in [-0.39, 0.29) is 6.04 Å². The molecule has 0 radical (unpaired) electrons. The lowest BCUT2D eigenvalue weighted by molar-refractivity contribution is -0.157. The molecule has 1 aromatic carbocycles. The van der Waals surface area contributed by atoms with Gasteiger partial charge in [0.1, 0.15) is 5.54 Å². The molecule has 0 spiro atoms. The van der Waals surface area contributed by atoms with Gasteiger partial charge in [-0.3, -0.25) is 9.69 Å². The van der Waals surface area contributed by atoms with E-state index in [9.17, 15) is 9.90 Å². The molecule has 1 aromatic rings. The first-order valence-electron chi connectivity index (χ1n) is 7.28. The monoisotopic (exact) mass is 275 g/mol. The quantitative estimate of drug-likeness (QED) is 0.901. The van der Waals surface area contributed by atoms with Crippen molar-refractivity contribution in [1.29, 1.82) is 0 Å². The Morgan fingerprint density at radius 1 is 1.40 bits per heavy atom. The maximum atomic E-state index is 11.8. The largest absolute Gasteiger partial charge is 0.480 e. The van der Waals surface area contributed by atoms with Crippen LogP contribution in [0.3, 0.4) is 0 Å². The lowest BCUT2D eigenvalue weighted by Crippen LogP contribution is -2.57. The van der Waals surface area contributed by atoms with Gasteiger partial charge >= 0.3 is 5.97 Å². The van der Waals surface area contributed by atoms with Crippen molar-refractivity contribution in [3.63, 3.8) is 0 Å². The third-order valence-electron chi connectivity index (χ3n) is 4.73. The smallest absolute Gasteiger partial charge is 0.323 e. The summed E-state index contributed by atoms with van der Waals surface area (Å²) < 4.78 is 5.70. The van der Waals surface area contributed by atoms with Crippen molar-refractivity contribution in [2.45, 2.75) is 44.4 Å². The number of piperidine rings is 1. The molecule has 2 unspecified atom stereocenters. The zero-order chi connectivity index (χ0) is 14.2. The van der Waals surface area contributed by atoms with Crippen LogP contribution in [-0.4, -0.2) is 34.7 Å². The van der Waals surface area contributed by atoms with E-state index in [0.717, 1.165) is 19.4 Å². The second-order valence-electron chi connectivity index (χ2n) is 5.96. The van der Waals surface area contributed by atoms with Crippen molar-refractivity contribution in [1.82, 2.24) is 4.90 Å². The number of likely N-dealkylation sites (tertiary alicyclic amines) is 1. The predicted octanol–water partition coefficient (Wildman–Crippen LogP) is 2.59. The van der Waals surface area contributed by atoms with Gasteiger partial charge in [-0.25, -0.2) is 0 Å². The molecule has 4 heteroatoms. The Bertz CT molecular complexity index is 516. The Kier molecular flexibility index (Phi) is 3.52. The number of aliphatic carboxylic acids is 1. The van der Waals surface area contributed by atoms with Gasteiger partial charge in [0, 0.05) is 0 Å². The van der Waals surface area contributed by atoms with Gasteiger partial charge in [0.2, 0.25) is 0 Å². The summed E-state index contributed by atoms with van der Waals surface area (Å²) in [5.74, 6) is -0.722. The summed E-state index contributed by atoms with van der Waals surface area (Å²) in [6, 6.07) is 8.28. The molecule has 0 amide bonds. The molecule has 108 valence electrons. The Morgan fingerprint density at radius 3 is 3.00 bits per heavy atom. The van der Waals surface area contributed by atoms with E-state index in [0.29, 0.717) is 19.6 Å². The zero-order valence-corrected chi connectivity index (χ0v) is 11.8. The Morgan fingerprint density at radius 2 is 2.20 bits per heavy atom. The van der Waals surface area contributed by atoms with Gasteiger partial charge in [0.25, 0.3) is 0 Å². The highest BCUT2D eigenvalue weighted by Gasteiger charge is 2.45. The van der Waals surface area contributed by atoms with Gasteiger partial charge in [0.05, 0.1) is 19.3 Å². The van der Waals surface area contributed by atoms with Crippen molar-refractivity contribution in [3.05, 3.63) is 35.4 Å². The molecule has 2 aliphatic rings. The van der Waals surface area contributed by atoms with Crippen LogP contribution in [0, 0.1) is 0 Å². The molecule has 2 aliphatic heterocycles. The van der Waals surface area contributed by atoms with Crippen LogP contribution in [0.25, 0.3) is 0 Å². The van der Waals surface area contributed by atoms with Crippen LogP contribution in [0.4, 0.5) is 0 Å². The lowest BCUT2D eigenvalue weighted by atomic mass is 9.84. The predicted molar refractivity (Wildman–Crippen MR) is 75.4 cm³/mol. The molecule has 20 heavy (non-hydrogen) atoms. The number of rotatable bonds is 2. The van der Waals surface area contributed by atoms with Crippen LogP contribution >= 0.6 is 0 Å². The van der Waals surface area contributed by atoms with Gasteiger partial charge in [-0.2, -0.15) is 0 Å². The molecule has 2 heterocycles. The summed E-state index contributed by atoms with van der Waals surface area (Å²) in [6.07, 6.45) is 2.75. The molecule has 0 saturated carbocycles. The number of benzene rings is 1. The second kappa shape index (κ2) is 5.19. The first kappa shape index (κ1) is 13.6. The minimum atomic E-state index is -0.781. The van der Waals surface area contributed by atoms with Crippen LogP contribution in [0.15, 0.2) is 24.3 Å². The topological polar surface area (TPSA) is 49.8 Å². The highest BCUT2D eigenvalue weighted by Crippen LogP contribution is 2.38. The van der Waals surface area contributed by atoms with E-state index in [1.807, 2.05) is 19.1 Å². The van der Waals surface area contributed by atoms with E-state index in [4.69, 9.17) is 4.74 Å². The molecule has 0 bridgehead atoms. The van der Waals surface area contributed by atoms with Crippen LogP contribution < -0.4 is 0 Å². The summed E-state index contributed by atoms with van der Waals surface area (Å²) >= 11 is 0. The van der Waals surface area contributed by atoms with E-state index in [1.165, 1.54) is 11.1 Å². The number of carboxylic acid groups (broad SMARTS) is 1. The van der Waals surface area contributed by atoms with E-state index in [2.05, 4.69) is 17.0 Å². The van der Waals surface area contributed by atoms with Crippen LogP contribution in [0.1, 0.15) is 43.4 Å². The summed E-state index contributed by atoms with van der Waals surface area (Å²) in [6.45, 7) is 3.89. The maximum Gasteiger partial charge on any atom is 0.323 e. The Balaban J connectivity index is 1.98. The molecule has 1 saturated heterocycles. The van der Waals surface area contributed by atoms with Crippen LogP contribution in [-0.2, 0) is 16.1 Å². The SMILES string of the molecule is CC1(C(=O)O)CCCCN1C1COCc2ccccc21.